The van der Waals surface area contributed by atoms with Crippen molar-refractivity contribution in [2.75, 3.05) is 19.8 Å². The van der Waals surface area contributed by atoms with Crippen LogP contribution in [-0.4, -0.2) is 30.5 Å². The van der Waals surface area contributed by atoms with Crippen LogP contribution in [0.4, 0.5) is 13.2 Å². The van der Waals surface area contributed by atoms with Gasteiger partial charge in [0.25, 0.3) is 5.56 Å². The Bertz CT molecular complexity index is 463. The topological polar surface area (TPSA) is 40.5 Å². The number of ether oxygens (including phenoxy) is 2. The van der Waals surface area contributed by atoms with Gasteiger partial charge in [-0.2, -0.15) is 13.2 Å². The standard InChI is InChI=1S/C11H12F3NO3/c12-11(13,14)9-2-1-3-15(10(9)16)6-8-7-17-4-5-18-8/h1-3,8H,4-7H2. The summed E-state index contributed by atoms with van der Waals surface area (Å²) in [6, 6.07) is 1.98. The van der Waals surface area contributed by atoms with Gasteiger partial charge in [0.05, 0.1) is 32.5 Å². The summed E-state index contributed by atoms with van der Waals surface area (Å²) in [5.74, 6) is 0. The van der Waals surface area contributed by atoms with Crippen LogP contribution in [0, 0.1) is 0 Å². The Morgan fingerprint density at radius 3 is 2.78 bits per heavy atom. The Morgan fingerprint density at radius 2 is 2.17 bits per heavy atom. The normalized spacial score (nSPS) is 20.9. The molecule has 0 bridgehead atoms. The molecular formula is C11H12F3NO3. The monoisotopic (exact) mass is 263 g/mol. The molecule has 100 valence electrons. The zero-order valence-electron chi connectivity index (χ0n) is 9.44. The van der Waals surface area contributed by atoms with Crippen molar-refractivity contribution in [2.45, 2.75) is 18.8 Å². The van der Waals surface area contributed by atoms with E-state index in [4.69, 9.17) is 9.47 Å². The smallest absolute Gasteiger partial charge is 0.376 e. The van der Waals surface area contributed by atoms with Crippen molar-refractivity contribution >= 4 is 0 Å². The lowest BCUT2D eigenvalue weighted by Gasteiger charge is -2.23. The van der Waals surface area contributed by atoms with Gasteiger partial charge in [-0.05, 0) is 12.1 Å². The SMILES string of the molecule is O=c1c(C(F)(F)F)cccn1CC1COCCO1. The molecule has 0 aromatic carbocycles. The molecule has 0 aliphatic carbocycles. The lowest BCUT2D eigenvalue weighted by molar-refractivity contribution is -0.139. The van der Waals surface area contributed by atoms with E-state index in [2.05, 4.69) is 0 Å². The second-order valence-corrected chi connectivity index (χ2v) is 3.94. The van der Waals surface area contributed by atoms with E-state index in [9.17, 15) is 18.0 Å². The van der Waals surface area contributed by atoms with Gasteiger partial charge in [-0.25, -0.2) is 0 Å². The van der Waals surface area contributed by atoms with Crippen molar-refractivity contribution in [1.29, 1.82) is 0 Å². The molecule has 1 unspecified atom stereocenters. The van der Waals surface area contributed by atoms with Crippen LogP contribution in [-0.2, 0) is 22.2 Å². The van der Waals surface area contributed by atoms with Crippen LogP contribution in [0.1, 0.15) is 5.56 Å². The minimum Gasteiger partial charge on any atom is -0.376 e. The summed E-state index contributed by atoms with van der Waals surface area (Å²) in [4.78, 5) is 11.6. The van der Waals surface area contributed by atoms with Crippen LogP contribution in [0.15, 0.2) is 23.1 Å². The highest BCUT2D eigenvalue weighted by molar-refractivity contribution is 5.14. The quantitative estimate of drug-likeness (QED) is 0.807. The summed E-state index contributed by atoms with van der Waals surface area (Å²) in [5.41, 5.74) is -2.22. The zero-order valence-corrected chi connectivity index (χ0v) is 9.44. The highest BCUT2D eigenvalue weighted by Gasteiger charge is 2.34. The summed E-state index contributed by atoms with van der Waals surface area (Å²) >= 11 is 0. The van der Waals surface area contributed by atoms with E-state index in [0.717, 1.165) is 10.6 Å². The second-order valence-electron chi connectivity index (χ2n) is 3.94. The largest absolute Gasteiger partial charge is 0.421 e. The van der Waals surface area contributed by atoms with Gasteiger partial charge in [-0.1, -0.05) is 0 Å². The Kier molecular flexibility index (Phi) is 3.72. The Morgan fingerprint density at radius 1 is 1.39 bits per heavy atom. The van der Waals surface area contributed by atoms with E-state index in [-0.39, 0.29) is 19.3 Å². The maximum absolute atomic E-state index is 12.5. The number of hydrogen-bond acceptors (Lipinski definition) is 3. The second kappa shape index (κ2) is 5.11. The maximum Gasteiger partial charge on any atom is 0.421 e. The highest BCUT2D eigenvalue weighted by Crippen LogP contribution is 2.26. The third-order valence-corrected chi connectivity index (χ3v) is 2.61. The number of pyridine rings is 1. The van der Waals surface area contributed by atoms with Gasteiger partial charge in [-0.3, -0.25) is 4.79 Å². The van der Waals surface area contributed by atoms with E-state index in [1.54, 1.807) is 0 Å². The number of aromatic nitrogens is 1. The fraction of sp³-hybridized carbons (Fsp3) is 0.545. The van der Waals surface area contributed by atoms with Crippen LogP contribution in [0.25, 0.3) is 0 Å². The molecule has 0 spiro atoms. The molecule has 2 heterocycles. The predicted molar refractivity (Wildman–Crippen MR) is 56.3 cm³/mol. The molecule has 1 fully saturated rings. The molecule has 1 saturated heterocycles. The first-order chi connectivity index (χ1) is 8.48. The van der Waals surface area contributed by atoms with Crippen molar-refractivity contribution in [1.82, 2.24) is 4.57 Å². The molecule has 1 aliphatic heterocycles. The average Bonchev–Trinajstić information content (AvgIpc) is 2.32. The van der Waals surface area contributed by atoms with Crippen LogP contribution in [0.5, 0.6) is 0 Å². The molecule has 0 radical (unpaired) electrons. The van der Waals surface area contributed by atoms with Crippen LogP contribution < -0.4 is 5.56 Å². The number of alkyl halides is 3. The summed E-state index contributed by atoms with van der Waals surface area (Å²) in [7, 11) is 0. The molecule has 18 heavy (non-hydrogen) atoms. The minimum absolute atomic E-state index is 0.0583. The molecule has 1 aliphatic rings. The lowest BCUT2D eigenvalue weighted by atomic mass is 10.2. The van der Waals surface area contributed by atoms with Crippen molar-refractivity contribution in [3.8, 4) is 0 Å². The van der Waals surface area contributed by atoms with Crippen LogP contribution in [0.2, 0.25) is 0 Å². The third-order valence-electron chi connectivity index (χ3n) is 2.61. The van der Waals surface area contributed by atoms with Crippen molar-refractivity contribution in [3.63, 3.8) is 0 Å². The third kappa shape index (κ3) is 2.91. The van der Waals surface area contributed by atoms with Crippen molar-refractivity contribution in [2.24, 2.45) is 0 Å². The first-order valence-electron chi connectivity index (χ1n) is 5.44. The molecule has 4 nitrogen and oxygen atoms in total. The van der Waals surface area contributed by atoms with E-state index in [1.807, 2.05) is 0 Å². The van der Waals surface area contributed by atoms with Gasteiger partial charge in [0, 0.05) is 6.20 Å². The Hall–Kier alpha value is -1.34. The van der Waals surface area contributed by atoms with Crippen molar-refractivity contribution in [3.05, 3.63) is 34.2 Å². The van der Waals surface area contributed by atoms with Gasteiger partial charge in [0.15, 0.2) is 0 Å². The Labute approximate surface area is 101 Å². The van der Waals surface area contributed by atoms with Gasteiger partial charge < -0.3 is 14.0 Å². The van der Waals surface area contributed by atoms with Gasteiger partial charge in [0.1, 0.15) is 5.56 Å². The number of rotatable bonds is 2. The zero-order chi connectivity index (χ0) is 13.2. The molecule has 0 amide bonds. The fourth-order valence-electron chi connectivity index (χ4n) is 1.76. The lowest BCUT2D eigenvalue weighted by Crippen LogP contribution is -2.37. The van der Waals surface area contributed by atoms with Crippen molar-refractivity contribution < 1.29 is 22.6 Å². The number of nitrogens with zero attached hydrogens (tertiary/aromatic N) is 1. The van der Waals surface area contributed by atoms with Gasteiger partial charge >= 0.3 is 6.18 Å². The summed E-state index contributed by atoms with van der Waals surface area (Å²) in [6.07, 6.45) is -3.71. The first-order valence-corrected chi connectivity index (χ1v) is 5.44. The molecule has 7 heteroatoms. The Balaban J connectivity index is 2.21. The molecule has 2 rings (SSSR count). The number of hydrogen-bond donors (Lipinski definition) is 0. The van der Waals surface area contributed by atoms with Crippen LogP contribution >= 0.6 is 0 Å². The molecule has 1 aromatic heterocycles. The molecule has 1 aromatic rings. The fourth-order valence-corrected chi connectivity index (χ4v) is 1.76. The van der Waals surface area contributed by atoms with Gasteiger partial charge in [-0.15, -0.1) is 0 Å². The first kappa shape index (κ1) is 13.1. The summed E-state index contributed by atoms with van der Waals surface area (Å²) in [5, 5.41) is 0. The maximum atomic E-state index is 12.5. The summed E-state index contributed by atoms with van der Waals surface area (Å²) < 4.78 is 49.0. The molecule has 1 atom stereocenters. The van der Waals surface area contributed by atoms with Gasteiger partial charge in [0.2, 0.25) is 0 Å². The molecule has 0 saturated carbocycles. The van der Waals surface area contributed by atoms with E-state index in [0.29, 0.717) is 13.2 Å². The van der Waals surface area contributed by atoms with E-state index < -0.39 is 17.3 Å². The number of halogens is 3. The average molecular weight is 263 g/mol. The van der Waals surface area contributed by atoms with E-state index in [1.165, 1.54) is 12.3 Å². The highest BCUT2D eigenvalue weighted by atomic mass is 19.4. The van der Waals surface area contributed by atoms with E-state index >= 15 is 0 Å². The summed E-state index contributed by atoms with van der Waals surface area (Å²) in [6.45, 7) is 1.19. The predicted octanol–water partition coefficient (Wildman–Crippen LogP) is 1.28. The minimum atomic E-state index is -4.63. The molecular weight excluding hydrogens is 251 g/mol. The molecule has 0 N–H and O–H groups in total. The van der Waals surface area contributed by atoms with Crippen LogP contribution in [0.3, 0.4) is 0 Å².